The second kappa shape index (κ2) is 7.68. The third kappa shape index (κ3) is 3.02. The van der Waals surface area contributed by atoms with Crippen molar-refractivity contribution in [2.75, 3.05) is 13.2 Å². The molecule has 0 spiro atoms. The van der Waals surface area contributed by atoms with Crippen LogP contribution in [0.3, 0.4) is 0 Å². The van der Waals surface area contributed by atoms with Gasteiger partial charge in [-0.2, -0.15) is 0 Å². The fraction of sp³-hybridized carbons (Fsp3) is 0.409. The topological polar surface area (TPSA) is 91.6 Å². The van der Waals surface area contributed by atoms with Crippen LogP contribution in [0.2, 0.25) is 0 Å². The maximum atomic E-state index is 13.6. The number of pyridine rings is 1. The molecule has 0 unspecified atom stereocenters. The molecule has 0 aliphatic carbocycles. The number of aromatic nitrogens is 1. The van der Waals surface area contributed by atoms with Gasteiger partial charge in [0.1, 0.15) is 11.9 Å². The Balaban J connectivity index is 1.80. The third-order valence-electron chi connectivity index (χ3n) is 6.19. The average Bonchev–Trinajstić information content (AvgIpc) is 3.23. The molecule has 4 atom stereocenters. The van der Waals surface area contributed by atoms with Crippen LogP contribution < -0.4 is 10.9 Å². The highest BCUT2D eigenvalue weighted by Gasteiger charge is 2.56. The Labute approximate surface area is 173 Å². The lowest BCUT2D eigenvalue weighted by atomic mass is 9.88. The van der Waals surface area contributed by atoms with Crippen LogP contribution in [-0.2, 0) is 16.1 Å². The van der Waals surface area contributed by atoms with Crippen LogP contribution in [0.4, 0.5) is 4.39 Å². The molecule has 158 valence electrons. The number of amides is 2. The van der Waals surface area contributed by atoms with E-state index in [9.17, 15) is 23.9 Å². The second-order valence-corrected chi connectivity index (χ2v) is 7.82. The van der Waals surface area contributed by atoms with E-state index in [1.54, 1.807) is 35.8 Å². The van der Waals surface area contributed by atoms with Crippen LogP contribution in [0.15, 0.2) is 41.2 Å². The van der Waals surface area contributed by atoms with Crippen molar-refractivity contribution in [3.05, 3.63) is 58.3 Å². The highest BCUT2D eigenvalue weighted by atomic mass is 19.1. The fourth-order valence-corrected chi connectivity index (χ4v) is 5.00. The zero-order valence-corrected chi connectivity index (χ0v) is 16.8. The Morgan fingerprint density at radius 1 is 1.27 bits per heavy atom. The van der Waals surface area contributed by atoms with Crippen molar-refractivity contribution >= 4 is 11.8 Å². The number of fused-ring (bicyclic) bond motifs is 3. The molecule has 2 amide bonds. The van der Waals surface area contributed by atoms with Crippen molar-refractivity contribution in [3.63, 3.8) is 0 Å². The molecule has 2 N–H and O–H groups in total. The highest BCUT2D eigenvalue weighted by Crippen LogP contribution is 2.49. The lowest BCUT2D eigenvalue weighted by molar-refractivity contribution is -0.140. The molecule has 0 radical (unpaired) electrons. The predicted molar refractivity (Wildman–Crippen MR) is 108 cm³/mol. The van der Waals surface area contributed by atoms with E-state index in [4.69, 9.17) is 0 Å². The van der Waals surface area contributed by atoms with Crippen LogP contribution >= 0.6 is 0 Å². The zero-order valence-electron chi connectivity index (χ0n) is 16.8. The summed E-state index contributed by atoms with van der Waals surface area (Å²) in [6.45, 7) is 3.62. The van der Waals surface area contributed by atoms with E-state index in [2.05, 4.69) is 5.32 Å². The predicted octanol–water partition coefficient (Wildman–Crippen LogP) is 1.30. The first-order chi connectivity index (χ1) is 14.4. The monoisotopic (exact) mass is 413 g/mol. The quantitative estimate of drug-likeness (QED) is 0.791. The Kier molecular flexibility index (Phi) is 5.19. The van der Waals surface area contributed by atoms with Gasteiger partial charge in [0.2, 0.25) is 11.8 Å². The number of carbonyl (C=O) groups excluding carboxylic acids is 2. The summed E-state index contributed by atoms with van der Waals surface area (Å²) in [5.74, 6) is -1.76. The van der Waals surface area contributed by atoms with Crippen molar-refractivity contribution < 1.29 is 19.1 Å². The molecule has 30 heavy (non-hydrogen) atoms. The van der Waals surface area contributed by atoms with Crippen molar-refractivity contribution in [3.8, 4) is 11.1 Å². The number of halogens is 1. The number of hydrogen-bond donors (Lipinski definition) is 2. The Morgan fingerprint density at radius 2 is 2.03 bits per heavy atom. The molecule has 4 rings (SSSR count). The Hall–Kier alpha value is -3.00. The second-order valence-electron chi connectivity index (χ2n) is 7.82. The van der Waals surface area contributed by atoms with Crippen LogP contribution in [0, 0.1) is 17.7 Å². The van der Waals surface area contributed by atoms with E-state index in [-0.39, 0.29) is 36.4 Å². The molecular formula is C22H24FN3O4. The van der Waals surface area contributed by atoms with Gasteiger partial charge in [-0.05, 0) is 36.8 Å². The maximum Gasteiger partial charge on any atom is 0.258 e. The van der Waals surface area contributed by atoms with Gasteiger partial charge in [0.15, 0.2) is 0 Å². The highest BCUT2D eigenvalue weighted by molar-refractivity contribution is 5.88. The average molecular weight is 413 g/mol. The molecule has 0 bridgehead atoms. The van der Waals surface area contributed by atoms with E-state index in [0.29, 0.717) is 23.4 Å². The molecular weight excluding hydrogens is 389 g/mol. The minimum Gasteiger partial charge on any atom is -0.396 e. The van der Waals surface area contributed by atoms with Crippen molar-refractivity contribution in [2.24, 2.45) is 11.8 Å². The Morgan fingerprint density at radius 3 is 2.67 bits per heavy atom. The van der Waals surface area contributed by atoms with E-state index in [1.165, 1.54) is 24.0 Å². The molecule has 1 aromatic carbocycles. The molecule has 1 fully saturated rings. The van der Waals surface area contributed by atoms with Crippen molar-refractivity contribution in [2.45, 2.75) is 32.5 Å². The molecule has 0 saturated carbocycles. The number of benzene rings is 1. The normalized spacial score (nSPS) is 24.5. The smallest absolute Gasteiger partial charge is 0.258 e. The van der Waals surface area contributed by atoms with Gasteiger partial charge in [-0.25, -0.2) is 4.39 Å². The summed E-state index contributed by atoms with van der Waals surface area (Å²) in [5, 5.41) is 12.8. The van der Waals surface area contributed by atoms with E-state index in [1.807, 2.05) is 0 Å². The number of aliphatic hydroxyl groups excluding tert-OH is 1. The first-order valence-electron chi connectivity index (χ1n) is 10.1. The lowest BCUT2D eigenvalue weighted by Gasteiger charge is -2.30. The largest absolute Gasteiger partial charge is 0.396 e. The minimum absolute atomic E-state index is 0.262. The molecule has 7 nitrogen and oxygen atoms in total. The summed E-state index contributed by atoms with van der Waals surface area (Å²) in [7, 11) is 0. The summed E-state index contributed by atoms with van der Waals surface area (Å²) in [4.78, 5) is 39.9. The van der Waals surface area contributed by atoms with Gasteiger partial charge >= 0.3 is 0 Å². The van der Waals surface area contributed by atoms with Crippen molar-refractivity contribution in [1.82, 2.24) is 14.8 Å². The molecule has 2 aromatic rings. The van der Waals surface area contributed by atoms with E-state index in [0.717, 1.165) is 0 Å². The summed E-state index contributed by atoms with van der Waals surface area (Å²) >= 11 is 0. The van der Waals surface area contributed by atoms with Gasteiger partial charge in [-0.1, -0.05) is 12.1 Å². The van der Waals surface area contributed by atoms with Crippen molar-refractivity contribution in [1.29, 1.82) is 0 Å². The maximum absolute atomic E-state index is 13.6. The summed E-state index contributed by atoms with van der Waals surface area (Å²) < 4.78 is 15.2. The number of rotatable bonds is 4. The first kappa shape index (κ1) is 20.3. The number of likely N-dealkylation sites (tertiary alicyclic amines) is 1. The van der Waals surface area contributed by atoms with Crippen LogP contribution in [-0.4, -0.2) is 45.6 Å². The number of aliphatic hydroxyl groups is 1. The number of likely N-dealkylation sites (N-methyl/N-ethyl adjacent to an activating group) is 1. The van der Waals surface area contributed by atoms with Gasteiger partial charge in [-0.3, -0.25) is 14.4 Å². The SMILES string of the molecule is CCNC(=O)[C@@H]1[C@@H](CO)[C@@H]2Cn3c(ccc(-c4cccc(F)c4)c3=O)[C@@H]2N1C(C)=O. The van der Waals surface area contributed by atoms with Gasteiger partial charge in [0.25, 0.3) is 5.56 Å². The molecule has 3 heterocycles. The van der Waals surface area contributed by atoms with E-state index < -0.39 is 23.8 Å². The minimum atomic E-state index is -0.783. The lowest BCUT2D eigenvalue weighted by Crippen LogP contribution is -2.49. The van der Waals surface area contributed by atoms with Gasteiger partial charge in [0.05, 0.1) is 6.04 Å². The molecule has 1 saturated heterocycles. The zero-order chi connectivity index (χ0) is 21.6. The van der Waals surface area contributed by atoms with Gasteiger partial charge in [0, 0.05) is 49.7 Å². The molecule has 2 aliphatic rings. The summed E-state index contributed by atoms with van der Waals surface area (Å²) in [5.41, 5.74) is 1.20. The molecule has 1 aromatic heterocycles. The number of hydrogen-bond acceptors (Lipinski definition) is 4. The number of nitrogens with one attached hydrogen (secondary N) is 1. The van der Waals surface area contributed by atoms with Gasteiger partial charge in [-0.15, -0.1) is 0 Å². The van der Waals surface area contributed by atoms with Crippen LogP contribution in [0.25, 0.3) is 11.1 Å². The molecule has 8 heteroatoms. The summed E-state index contributed by atoms with van der Waals surface area (Å²) in [6.07, 6.45) is 0. The molecule has 2 aliphatic heterocycles. The standard InChI is InChI=1S/C22H24FN3O4/c1-3-24-21(29)20-17(11-27)16-10-25-18(19(16)26(20)12(2)28)8-7-15(22(25)30)13-5-4-6-14(23)9-13/h4-9,16-17,19-20,27H,3,10-11H2,1-2H3,(H,24,29)/t16-,17-,19+,20-/m0/s1. The van der Waals surface area contributed by atoms with Crippen LogP contribution in [0.5, 0.6) is 0 Å². The Bertz CT molecular complexity index is 1070. The third-order valence-corrected chi connectivity index (χ3v) is 6.19. The number of carbonyl (C=O) groups is 2. The first-order valence-corrected chi connectivity index (χ1v) is 10.1. The fourth-order valence-electron chi connectivity index (χ4n) is 5.00. The van der Waals surface area contributed by atoms with E-state index >= 15 is 0 Å². The van der Waals surface area contributed by atoms with Crippen LogP contribution in [0.1, 0.15) is 25.6 Å². The van der Waals surface area contributed by atoms with Gasteiger partial charge < -0.3 is 19.9 Å². The summed E-state index contributed by atoms with van der Waals surface area (Å²) in [6, 6.07) is 7.99. The number of nitrogens with zero attached hydrogens (tertiary/aromatic N) is 2.